The molecule has 0 radical (unpaired) electrons. The molecule has 30 heavy (non-hydrogen) atoms. The van der Waals surface area contributed by atoms with Crippen LogP contribution in [-0.4, -0.2) is 54.0 Å². The average molecular weight is 404 g/mol. The lowest BCUT2D eigenvalue weighted by molar-refractivity contribution is 0.0959. The van der Waals surface area contributed by atoms with Crippen molar-refractivity contribution in [2.45, 2.75) is 18.8 Å². The maximum atomic E-state index is 12.9. The second kappa shape index (κ2) is 7.78. The first-order valence-electron chi connectivity index (χ1n) is 10.3. The van der Waals surface area contributed by atoms with E-state index in [0.717, 1.165) is 43.5 Å². The van der Waals surface area contributed by atoms with E-state index in [1.807, 2.05) is 36.5 Å². The summed E-state index contributed by atoms with van der Waals surface area (Å²) >= 11 is 0. The van der Waals surface area contributed by atoms with Gasteiger partial charge in [0.2, 0.25) is 5.95 Å². The number of fused-ring (bicyclic) bond motifs is 1. The van der Waals surface area contributed by atoms with E-state index >= 15 is 0 Å². The molecular formula is C22H24N6O2. The number of pyridine rings is 1. The largest absolute Gasteiger partial charge is 0.469 e. The average Bonchev–Trinajstić information content (AvgIpc) is 3.34. The first-order chi connectivity index (χ1) is 14.7. The summed E-state index contributed by atoms with van der Waals surface area (Å²) in [4.78, 5) is 31.3. The van der Waals surface area contributed by atoms with E-state index in [1.165, 1.54) is 0 Å². The van der Waals surface area contributed by atoms with Crippen molar-refractivity contribution in [2.75, 3.05) is 48.3 Å². The van der Waals surface area contributed by atoms with Crippen LogP contribution in [0.5, 0.6) is 0 Å². The van der Waals surface area contributed by atoms with Crippen LogP contribution in [0.2, 0.25) is 0 Å². The zero-order valence-electron chi connectivity index (χ0n) is 16.9. The first-order valence-corrected chi connectivity index (χ1v) is 10.3. The van der Waals surface area contributed by atoms with Crippen LogP contribution in [0, 0.1) is 0 Å². The predicted molar refractivity (Wildman–Crippen MR) is 114 cm³/mol. The molecule has 1 atom stereocenters. The van der Waals surface area contributed by atoms with E-state index in [4.69, 9.17) is 9.40 Å². The molecule has 1 fully saturated rings. The Balaban J connectivity index is 1.39. The third-order valence-corrected chi connectivity index (χ3v) is 5.84. The number of hydrogen-bond donors (Lipinski definition) is 1. The zero-order valence-corrected chi connectivity index (χ0v) is 16.9. The van der Waals surface area contributed by atoms with Crippen LogP contribution in [0.4, 0.5) is 17.6 Å². The molecule has 1 N–H and O–H groups in total. The van der Waals surface area contributed by atoms with Gasteiger partial charge in [-0.15, -0.1) is 0 Å². The maximum absolute atomic E-state index is 12.9. The van der Waals surface area contributed by atoms with Gasteiger partial charge in [0, 0.05) is 58.2 Å². The maximum Gasteiger partial charge on any atom is 0.227 e. The number of furan rings is 1. The molecule has 3 aromatic heterocycles. The molecule has 154 valence electrons. The Morgan fingerprint density at radius 3 is 2.57 bits per heavy atom. The highest BCUT2D eigenvalue weighted by Crippen LogP contribution is 2.35. The molecule has 0 amide bonds. The number of hydrogen-bond acceptors (Lipinski definition) is 8. The summed E-state index contributed by atoms with van der Waals surface area (Å²) in [5.74, 6) is 3.20. The predicted octanol–water partition coefficient (Wildman–Crippen LogP) is 2.75. The van der Waals surface area contributed by atoms with E-state index in [9.17, 15) is 4.79 Å². The molecule has 0 spiro atoms. The minimum Gasteiger partial charge on any atom is -0.469 e. The molecule has 0 unspecified atom stereocenters. The Kier molecular flexibility index (Phi) is 4.82. The number of nitrogens with zero attached hydrogens (tertiary/aromatic N) is 5. The van der Waals surface area contributed by atoms with Gasteiger partial charge in [0.25, 0.3) is 0 Å². The van der Waals surface area contributed by atoms with Crippen LogP contribution in [-0.2, 0) is 6.42 Å². The second-order valence-corrected chi connectivity index (χ2v) is 7.65. The third-order valence-electron chi connectivity index (χ3n) is 5.84. The van der Waals surface area contributed by atoms with Crippen molar-refractivity contribution in [3.8, 4) is 0 Å². The molecule has 2 aliphatic rings. The van der Waals surface area contributed by atoms with E-state index in [1.54, 1.807) is 13.3 Å². The smallest absolute Gasteiger partial charge is 0.227 e. The number of aromatic nitrogens is 3. The molecule has 1 aliphatic heterocycles. The highest BCUT2D eigenvalue weighted by Gasteiger charge is 2.33. The highest BCUT2D eigenvalue weighted by molar-refractivity contribution is 6.03. The van der Waals surface area contributed by atoms with Crippen molar-refractivity contribution in [1.82, 2.24) is 15.0 Å². The van der Waals surface area contributed by atoms with Gasteiger partial charge in [-0.05, 0) is 24.3 Å². The molecule has 1 aliphatic carbocycles. The van der Waals surface area contributed by atoms with Crippen LogP contribution in [0.15, 0.2) is 47.2 Å². The SMILES string of the molecule is CNc1nc(N2CCN(c3ccccn3)CC2)nc2c1C(=O)C[C@@H](c1ccco1)C2. The molecule has 5 rings (SSSR count). The van der Waals surface area contributed by atoms with Gasteiger partial charge in [0.1, 0.15) is 17.4 Å². The Morgan fingerprint density at radius 1 is 1.03 bits per heavy atom. The van der Waals surface area contributed by atoms with E-state index in [2.05, 4.69) is 25.1 Å². The van der Waals surface area contributed by atoms with Crippen LogP contribution < -0.4 is 15.1 Å². The Morgan fingerprint density at radius 2 is 1.87 bits per heavy atom. The van der Waals surface area contributed by atoms with Gasteiger partial charge in [0.05, 0.1) is 17.5 Å². The van der Waals surface area contributed by atoms with Gasteiger partial charge in [-0.2, -0.15) is 4.98 Å². The van der Waals surface area contributed by atoms with Gasteiger partial charge in [-0.3, -0.25) is 4.79 Å². The van der Waals surface area contributed by atoms with E-state index < -0.39 is 0 Å². The number of piperazine rings is 1. The monoisotopic (exact) mass is 404 g/mol. The van der Waals surface area contributed by atoms with Gasteiger partial charge in [-0.1, -0.05) is 6.07 Å². The molecule has 1 saturated heterocycles. The fourth-order valence-corrected chi connectivity index (χ4v) is 4.29. The van der Waals surface area contributed by atoms with E-state index in [0.29, 0.717) is 30.2 Å². The lowest BCUT2D eigenvalue weighted by Gasteiger charge is -2.36. The standard InChI is InChI=1S/C22H24N6O2/c1-23-21-20-16(13-15(14-17(20)29)18-5-4-12-30-18)25-22(26-21)28-10-8-27(9-11-28)19-6-2-3-7-24-19/h2-7,12,15H,8-11,13-14H2,1H3,(H,23,25,26)/t15-/m0/s1. The van der Waals surface area contributed by atoms with Gasteiger partial charge in [0.15, 0.2) is 5.78 Å². The normalized spacial score (nSPS) is 19.0. The Hall–Kier alpha value is -3.42. The lowest BCUT2D eigenvalue weighted by Crippen LogP contribution is -2.47. The summed E-state index contributed by atoms with van der Waals surface area (Å²) < 4.78 is 5.56. The fraction of sp³-hybridized carbons (Fsp3) is 0.364. The van der Waals surface area contributed by atoms with Crippen LogP contribution >= 0.6 is 0 Å². The molecule has 0 aromatic carbocycles. The molecule has 0 saturated carbocycles. The Bertz CT molecular complexity index is 1030. The second-order valence-electron chi connectivity index (χ2n) is 7.65. The molecule has 8 heteroatoms. The molecular weight excluding hydrogens is 380 g/mol. The van der Waals surface area contributed by atoms with Crippen LogP contribution in [0.25, 0.3) is 0 Å². The van der Waals surface area contributed by atoms with Crippen molar-refractivity contribution in [3.63, 3.8) is 0 Å². The molecule has 4 heterocycles. The summed E-state index contributed by atoms with van der Waals surface area (Å²) in [5.41, 5.74) is 1.42. The first kappa shape index (κ1) is 18.6. The van der Waals surface area contributed by atoms with Gasteiger partial charge in [-0.25, -0.2) is 9.97 Å². The molecule has 3 aromatic rings. The number of anilines is 3. The number of ketones is 1. The number of Topliss-reactive ketones (excluding diaryl/α,β-unsaturated/α-hetero) is 1. The van der Waals surface area contributed by atoms with Crippen molar-refractivity contribution >= 4 is 23.4 Å². The van der Waals surface area contributed by atoms with Crippen molar-refractivity contribution in [3.05, 3.63) is 59.8 Å². The summed E-state index contributed by atoms with van der Waals surface area (Å²) in [6, 6.07) is 9.76. The third kappa shape index (κ3) is 3.38. The fourth-order valence-electron chi connectivity index (χ4n) is 4.29. The summed E-state index contributed by atoms with van der Waals surface area (Å²) in [5, 5.41) is 3.11. The molecule has 8 nitrogen and oxygen atoms in total. The Labute approximate surface area is 175 Å². The van der Waals surface area contributed by atoms with Crippen LogP contribution in [0.1, 0.15) is 34.2 Å². The van der Waals surface area contributed by atoms with Crippen molar-refractivity contribution in [2.24, 2.45) is 0 Å². The quantitative estimate of drug-likeness (QED) is 0.710. The summed E-state index contributed by atoms with van der Waals surface area (Å²) in [7, 11) is 1.80. The van der Waals surface area contributed by atoms with Crippen LogP contribution in [0.3, 0.4) is 0 Å². The molecule has 0 bridgehead atoms. The number of nitrogens with one attached hydrogen (secondary N) is 1. The lowest BCUT2D eigenvalue weighted by atomic mass is 9.84. The minimum absolute atomic E-state index is 0.0217. The van der Waals surface area contributed by atoms with Crippen molar-refractivity contribution in [1.29, 1.82) is 0 Å². The topological polar surface area (TPSA) is 87.4 Å². The number of carbonyl (C=O) groups is 1. The van der Waals surface area contributed by atoms with Crippen molar-refractivity contribution < 1.29 is 9.21 Å². The van der Waals surface area contributed by atoms with Gasteiger partial charge >= 0.3 is 0 Å². The number of rotatable bonds is 4. The van der Waals surface area contributed by atoms with Gasteiger partial charge < -0.3 is 19.5 Å². The van der Waals surface area contributed by atoms with E-state index in [-0.39, 0.29) is 11.7 Å². The highest BCUT2D eigenvalue weighted by atomic mass is 16.3. The summed E-state index contributed by atoms with van der Waals surface area (Å²) in [6.45, 7) is 3.29. The minimum atomic E-state index is 0.0217. The number of carbonyl (C=O) groups excluding carboxylic acids is 1. The zero-order chi connectivity index (χ0) is 20.5. The summed E-state index contributed by atoms with van der Waals surface area (Å²) in [6.07, 6.45) is 4.56.